The van der Waals surface area contributed by atoms with Crippen molar-refractivity contribution in [2.24, 2.45) is 0 Å². The molecule has 1 fully saturated rings. The largest absolute Gasteiger partial charge is 0.491 e. The van der Waals surface area contributed by atoms with Crippen LogP contribution in [0.4, 0.5) is 0 Å². The smallest absolute Gasteiger partial charge is 0.120 e. The van der Waals surface area contributed by atoms with E-state index in [0.29, 0.717) is 13.2 Å². The number of likely N-dealkylation sites (tertiary alicyclic amines) is 1. The van der Waals surface area contributed by atoms with Gasteiger partial charge in [0.2, 0.25) is 0 Å². The zero-order valence-electron chi connectivity index (χ0n) is 13.2. The SMILES string of the molecule is Cc1cc(OCCOCC[NH+]2CCCCC2)cc(C)c1Cl. The number of nitrogens with one attached hydrogen (secondary N) is 1. The molecule has 21 heavy (non-hydrogen) atoms. The number of hydrogen-bond acceptors (Lipinski definition) is 2. The van der Waals surface area contributed by atoms with E-state index in [-0.39, 0.29) is 0 Å². The fourth-order valence-corrected chi connectivity index (χ4v) is 2.94. The first-order valence-electron chi connectivity index (χ1n) is 7.97. The lowest BCUT2D eigenvalue weighted by Gasteiger charge is -2.23. The van der Waals surface area contributed by atoms with Gasteiger partial charge in [-0.1, -0.05) is 11.6 Å². The maximum atomic E-state index is 6.14. The van der Waals surface area contributed by atoms with Gasteiger partial charge in [-0.25, -0.2) is 0 Å². The summed E-state index contributed by atoms with van der Waals surface area (Å²) in [6.07, 6.45) is 4.14. The lowest BCUT2D eigenvalue weighted by atomic mass is 10.1. The quantitative estimate of drug-likeness (QED) is 0.781. The van der Waals surface area contributed by atoms with Crippen molar-refractivity contribution in [2.75, 3.05) is 39.5 Å². The molecule has 1 aromatic carbocycles. The summed E-state index contributed by atoms with van der Waals surface area (Å²) in [5.74, 6) is 0.875. The van der Waals surface area contributed by atoms with Crippen molar-refractivity contribution in [2.45, 2.75) is 33.1 Å². The Balaban J connectivity index is 1.59. The van der Waals surface area contributed by atoms with Crippen LogP contribution in [0.2, 0.25) is 5.02 Å². The third kappa shape index (κ3) is 5.50. The van der Waals surface area contributed by atoms with Gasteiger partial charge in [0.05, 0.1) is 26.3 Å². The first-order valence-corrected chi connectivity index (χ1v) is 8.35. The average Bonchev–Trinajstić information content (AvgIpc) is 2.49. The summed E-state index contributed by atoms with van der Waals surface area (Å²) in [6, 6.07) is 3.96. The van der Waals surface area contributed by atoms with Crippen LogP contribution in [0.5, 0.6) is 5.75 Å². The van der Waals surface area contributed by atoms with Gasteiger partial charge in [0.1, 0.15) is 18.9 Å². The summed E-state index contributed by atoms with van der Waals surface area (Å²) in [5, 5.41) is 0.822. The number of quaternary nitrogens is 1. The standard InChI is InChI=1S/C17H26ClNO2/c1-14-12-16(13-15(2)17(14)18)21-11-10-20-9-8-19-6-4-3-5-7-19/h12-13H,3-11H2,1-2H3/p+1. The normalized spacial score (nSPS) is 16.1. The number of piperidine rings is 1. The summed E-state index contributed by atoms with van der Waals surface area (Å²) in [6.45, 7) is 9.81. The minimum atomic E-state index is 0.593. The fraction of sp³-hybridized carbons (Fsp3) is 0.647. The lowest BCUT2D eigenvalue weighted by molar-refractivity contribution is -0.905. The number of ether oxygens (including phenoxy) is 2. The molecule has 3 nitrogen and oxygen atoms in total. The van der Waals surface area contributed by atoms with E-state index in [1.54, 1.807) is 4.90 Å². The predicted molar refractivity (Wildman–Crippen MR) is 86.7 cm³/mol. The van der Waals surface area contributed by atoms with E-state index in [1.807, 2.05) is 26.0 Å². The van der Waals surface area contributed by atoms with Crippen LogP contribution in [0.1, 0.15) is 30.4 Å². The monoisotopic (exact) mass is 312 g/mol. The molecule has 0 atom stereocenters. The highest BCUT2D eigenvalue weighted by Gasteiger charge is 2.12. The molecule has 1 heterocycles. The molecule has 0 aliphatic carbocycles. The molecule has 0 spiro atoms. The number of rotatable bonds is 7. The molecule has 0 saturated carbocycles. The van der Waals surface area contributed by atoms with Gasteiger partial charge in [-0.2, -0.15) is 0 Å². The van der Waals surface area contributed by atoms with Crippen molar-refractivity contribution in [3.05, 3.63) is 28.3 Å². The van der Waals surface area contributed by atoms with Crippen molar-refractivity contribution in [3.63, 3.8) is 0 Å². The van der Waals surface area contributed by atoms with E-state index in [2.05, 4.69) is 0 Å². The second kappa shape index (κ2) is 8.62. The lowest BCUT2D eigenvalue weighted by Crippen LogP contribution is -3.13. The topological polar surface area (TPSA) is 22.9 Å². The van der Waals surface area contributed by atoms with Gasteiger partial charge in [-0.15, -0.1) is 0 Å². The molecule has 0 unspecified atom stereocenters. The van der Waals surface area contributed by atoms with E-state index in [0.717, 1.165) is 35.1 Å². The second-order valence-corrected chi connectivity index (χ2v) is 6.27. The van der Waals surface area contributed by atoms with E-state index in [4.69, 9.17) is 21.1 Å². The molecule has 1 aromatic rings. The number of hydrogen-bond donors (Lipinski definition) is 1. The third-order valence-corrected chi connectivity index (χ3v) is 4.66. The van der Waals surface area contributed by atoms with Crippen molar-refractivity contribution in [1.82, 2.24) is 0 Å². The zero-order chi connectivity index (χ0) is 15.1. The molecule has 1 aliphatic rings. The maximum absolute atomic E-state index is 6.14. The summed E-state index contributed by atoms with van der Waals surface area (Å²) in [5.41, 5.74) is 2.11. The van der Waals surface area contributed by atoms with Crippen LogP contribution in [0.15, 0.2) is 12.1 Å². The molecule has 2 rings (SSSR count). The molecule has 0 bridgehead atoms. The molecule has 0 radical (unpaired) electrons. The Morgan fingerprint density at radius 2 is 1.67 bits per heavy atom. The first-order chi connectivity index (χ1) is 10.2. The van der Waals surface area contributed by atoms with E-state index in [1.165, 1.54) is 32.4 Å². The number of halogens is 1. The molecular formula is C17H27ClNO2+. The Morgan fingerprint density at radius 1 is 1.00 bits per heavy atom. The highest BCUT2D eigenvalue weighted by atomic mass is 35.5. The Hall–Kier alpha value is -0.770. The predicted octanol–water partition coefficient (Wildman–Crippen LogP) is 2.42. The fourth-order valence-electron chi connectivity index (χ4n) is 2.83. The van der Waals surface area contributed by atoms with Gasteiger partial charge in [0, 0.05) is 5.02 Å². The summed E-state index contributed by atoms with van der Waals surface area (Å²) >= 11 is 6.14. The minimum Gasteiger partial charge on any atom is -0.491 e. The van der Waals surface area contributed by atoms with Crippen molar-refractivity contribution < 1.29 is 14.4 Å². The summed E-state index contributed by atoms with van der Waals surface area (Å²) in [4.78, 5) is 1.69. The molecule has 1 saturated heterocycles. The van der Waals surface area contributed by atoms with E-state index >= 15 is 0 Å². The number of benzene rings is 1. The molecule has 0 amide bonds. The van der Waals surface area contributed by atoms with Crippen LogP contribution < -0.4 is 9.64 Å². The van der Waals surface area contributed by atoms with Crippen LogP contribution in [0.3, 0.4) is 0 Å². The highest BCUT2D eigenvalue weighted by molar-refractivity contribution is 6.32. The Kier molecular flexibility index (Phi) is 6.81. The highest BCUT2D eigenvalue weighted by Crippen LogP contribution is 2.25. The van der Waals surface area contributed by atoms with Crippen molar-refractivity contribution in [3.8, 4) is 5.75 Å². The molecular weight excluding hydrogens is 286 g/mol. The van der Waals surface area contributed by atoms with Crippen LogP contribution in [-0.4, -0.2) is 39.5 Å². The van der Waals surface area contributed by atoms with Gasteiger partial charge in [0.15, 0.2) is 0 Å². The van der Waals surface area contributed by atoms with E-state index in [9.17, 15) is 0 Å². The molecule has 4 heteroatoms. The summed E-state index contributed by atoms with van der Waals surface area (Å²) < 4.78 is 11.4. The van der Waals surface area contributed by atoms with Gasteiger partial charge in [-0.3, -0.25) is 0 Å². The second-order valence-electron chi connectivity index (χ2n) is 5.89. The van der Waals surface area contributed by atoms with Crippen LogP contribution in [0.25, 0.3) is 0 Å². The Morgan fingerprint density at radius 3 is 2.33 bits per heavy atom. The van der Waals surface area contributed by atoms with Gasteiger partial charge in [0.25, 0.3) is 0 Å². The summed E-state index contributed by atoms with van der Waals surface area (Å²) in [7, 11) is 0. The van der Waals surface area contributed by atoms with Crippen molar-refractivity contribution in [1.29, 1.82) is 0 Å². The molecule has 118 valence electrons. The van der Waals surface area contributed by atoms with Gasteiger partial charge in [-0.05, 0) is 56.4 Å². The van der Waals surface area contributed by atoms with Gasteiger partial charge < -0.3 is 14.4 Å². The average molecular weight is 313 g/mol. The third-order valence-electron chi connectivity index (χ3n) is 4.07. The van der Waals surface area contributed by atoms with Crippen LogP contribution in [0, 0.1) is 13.8 Å². The minimum absolute atomic E-state index is 0.593. The molecule has 0 aromatic heterocycles. The number of aryl methyl sites for hydroxylation is 2. The maximum Gasteiger partial charge on any atom is 0.120 e. The molecule has 1 N–H and O–H groups in total. The molecule has 1 aliphatic heterocycles. The van der Waals surface area contributed by atoms with Crippen LogP contribution >= 0.6 is 11.6 Å². The first kappa shape index (κ1) is 16.6. The van der Waals surface area contributed by atoms with Crippen LogP contribution in [-0.2, 0) is 4.74 Å². The Bertz CT molecular complexity index is 421. The van der Waals surface area contributed by atoms with Crippen molar-refractivity contribution >= 4 is 11.6 Å². The van der Waals surface area contributed by atoms with E-state index < -0.39 is 0 Å². The zero-order valence-corrected chi connectivity index (χ0v) is 14.0. The van der Waals surface area contributed by atoms with Gasteiger partial charge >= 0.3 is 0 Å². The Labute approximate surface area is 133 Å².